The van der Waals surface area contributed by atoms with Crippen LogP contribution in [0.2, 0.25) is 0 Å². The zero-order valence-corrected chi connectivity index (χ0v) is 14.7. The van der Waals surface area contributed by atoms with E-state index in [9.17, 15) is 14.4 Å². The number of rotatable bonds is 7. The molecule has 0 saturated carbocycles. The van der Waals surface area contributed by atoms with Gasteiger partial charge in [0.25, 0.3) is 0 Å². The van der Waals surface area contributed by atoms with Gasteiger partial charge in [0.2, 0.25) is 5.91 Å². The van der Waals surface area contributed by atoms with Crippen molar-refractivity contribution < 1.29 is 28.6 Å². The van der Waals surface area contributed by atoms with Crippen molar-refractivity contribution in [2.75, 3.05) is 20.8 Å². The van der Waals surface area contributed by atoms with Crippen LogP contribution in [-0.4, -0.2) is 49.6 Å². The first-order valence-electron chi connectivity index (χ1n) is 8.20. The van der Waals surface area contributed by atoms with Crippen LogP contribution in [0.25, 0.3) is 0 Å². The van der Waals surface area contributed by atoms with E-state index in [0.29, 0.717) is 12.2 Å². The van der Waals surface area contributed by atoms with Gasteiger partial charge in [-0.15, -0.1) is 0 Å². The van der Waals surface area contributed by atoms with Crippen molar-refractivity contribution in [2.45, 2.75) is 38.3 Å². The van der Waals surface area contributed by atoms with E-state index >= 15 is 0 Å². The number of carbonyl (C=O) groups is 3. The maximum atomic E-state index is 12.4. The van der Waals surface area contributed by atoms with E-state index in [4.69, 9.17) is 14.2 Å². The van der Waals surface area contributed by atoms with Gasteiger partial charge >= 0.3 is 11.9 Å². The number of likely N-dealkylation sites (tertiary alicyclic amines) is 1. The van der Waals surface area contributed by atoms with Crippen molar-refractivity contribution >= 4 is 17.8 Å². The molecule has 25 heavy (non-hydrogen) atoms. The fourth-order valence-corrected chi connectivity index (χ4v) is 3.04. The average Bonchev–Trinajstić information content (AvgIpc) is 3.00. The Labute approximate surface area is 146 Å². The zero-order chi connectivity index (χ0) is 18.4. The lowest BCUT2D eigenvalue weighted by atomic mass is 10.0. The molecule has 1 saturated heterocycles. The number of hydrogen-bond donors (Lipinski definition) is 0. The summed E-state index contributed by atoms with van der Waals surface area (Å²) in [6, 6.07) is 5.77. The number of carbonyl (C=O) groups excluding carboxylic acids is 3. The minimum atomic E-state index is -0.695. The van der Waals surface area contributed by atoms with Crippen LogP contribution >= 0.6 is 0 Å². The van der Waals surface area contributed by atoms with Crippen molar-refractivity contribution in [3.05, 3.63) is 29.8 Å². The van der Waals surface area contributed by atoms with Crippen molar-refractivity contribution in [1.29, 1.82) is 0 Å². The van der Waals surface area contributed by atoms with E-state index < -0.39 is 24.0 Å². The highest BCUT2D eigenvalue weighted by Crippen LogP contribution is 2.34. The zero-order valence-electron chi connectivity index (χ0n) is 14.7. The lowest BCUT2D eigenvalue weighted by Crippen LogP contribution is -2.42. The molecule has 136 valence electrons. The molecule has 2 rings (SSSR count). The monoisotopic (exact) mass is 349 g/mol. The maximum absolute atomic E-state index is 12.4. The third kappa shape index (κ3) is 4.29. The first-order valence-corrected chi connectivity index (χ1v) is 8.20. The fourth-order valence-electron chi connectivity index (χ4n) is 3.04. The van der Waals surface area contributed by atoms with Crippen LogP contribution < -0.4 is 4.74 Å². The Balaban J connectivity index is 2.36. The first kappa shape index (κ1) is 18.8. The Morgan fingerprint density at radius 2 is 1.92 bits per heavy atom. The van der Waals surface area contributed by atoms with Gasteiger partial charge in [0.15, 0.2) is 0 Å². The molecule has 0 aromatic heterocycles. The van der Waals surface area contributed by atoms with Gasteiger partial charge in [-0.3, -0.25) is 9.59 Å². The number of benzene rings is 1. The van der Waals surface area contributed by atoms with Gasteiger partial charge in [0.1, 0.15) is 11.8 Å². The molecular weight excluding hydrogens is 326 g/mol. The largest absolute Gasteiger partial charge is 0.497 e. The Bertz CT molecular complexity index is 627. The maximum Gasteiger partial charge on any atom is 0.328 e. The molecule has 1 aromatic rings. The van der Waals surface area contributed by atoms with Crippen molar-refractivity contribution in [3.63, 3.8) is 0 Å². The van der Waals surface area contributed by atoms with Crippen LogP contribution in [0.1, 0.15) is 37.8 Å². The smallest absolute Gasteiger partial charge is 0.328 e. The molecule has 1 aliphatic heterocycles. The fraction of sp³-hybridized carbons (Fsp3) is 0.500. The summed E-state index contributed by atoms with van der Waals surface area (Å²) in [5.41, 5.74) is 0.734. The number of esters is 2. The summed E-state index contributed by atoms with van der Waals surface area (Å²) in [5.74, 6) is -0.420. The highest BCUT2D eigenvalue weighted by Gasteiger charge is 2.42. The summed E-state index contributed by atoms with van der Waals surface area (Å²) in [4.78, 5) is 38.0. The van der Waals surface area contributed by atoms with Crippen molar-refractivity contribution in [1.82, 2.24) is 4.90 Å². The molecule has 7 nitrogen and oxygen atoms in total. The minimum absolute atomic E-state index is 0.0284. The Hall–Kier alpha value is -2.57. The molecule has 0 spiro atoms. The lowest BCUT2D eigenvalue weighted by molar-refractivity contribution is -0.153. The molecule has 1 aliphatic rings. The van der Waals surface area contributed by atoms with Crippen molar-refractivity contribution in [3.8, 4) is 5.75 Å². The quantitative estimate of drug-likeness (QED) is 0.699. The summed E-state index contributed by atoms with van der Waals surface area (Å²) in [6.45, 7) is 1.97. The van der Waals surface area contributed by atoms with E-state index in [1.54, 1.807) is 38.3 Å². The molecule has 0 bridgehead atoms. The van der Waals surface area contributed by atoms with Gasteiger partial charge in [-0.2, -0.15) is 0 Å². The SMILES string of the molecule is CCOC(=O)CC(c1ccc(OC)cc1)N1C(=O)CCC1C(=O)OC. The third-order valence-electron chi connectivity index (χ3n) is 4.23. The van der Waals surface area contributed by atoms with E-state index in [0.717, 1.165) is 5.56 Å². The van der Waals surface area contributed by atoms with Gasteiger partial charge in [0.05, 0.1) is 33.3 Å². The second kappa shape index (κ2) is 8.50. The summed E-state index contributed by atoms with van der Waals surface area (Å²) >= 11 is 0. The second-order valence-electron chi connectivity index (χ2n) is 5.68. The van der Waals surface area contributed by atoms with Gasteiger partial charge < -0.3 is 19.1 Å². The summed E-state index contributed by atoms with van der Waals surface area (Å²) in [6.07, 6.45) is 0.593. The Morgan fingerprint density at radius 3 is 2.48 bits per heavy atom. The summed E-state index contributed by atoms with van der Waals surface area (Å²) < 4.78 is 15.0. The standard InChI is InChI=1S/C18H23NO6/c1-4-25-17(21)11-15(12-5-7-13(23-2)8-6-12)19-14(18(22)24-3)9-10-16(19)20/h5-8,14-15H,4,9-11H2,1-3H3. The molecular formula is C18H23NO6. The molecule has 1 amide bonds. The van der Waals surface area contributed by atoms with E-state index in [2.05, 4.69) is 0 Å². The van der Waals surface area contributed by atoms with E-state index in [1.165, 1.54) is 12.0 Å². The van der Waals surface area contributed by atoms with Crippen LogP contribution in [0.5, 0.6) is 5.75 Å². The van der Waals surface area contributed by atoms with Gasteiger partial charge in [-0.1, -0.05) is 12.1 Å². The Kier molecular flexibility index (Phi) is 6.38. The van der Waals surface area contributed by atoms with Gasteiger partial charge in [-0.25, -0.2) is 4.79 Å². The molecule has 1 heterocycles. The summed E-state index contributed by atoms with van der Waals surface area (Å²) in [5, 5.41) is 0. The molecule has 1 aromatic carbocycles. The van der Waals surface area contributed by atoms with Gasteiger partial charge in [-0.05, 0) is 31.0 Å². The molecule has 0 N–H and O–H groups in total. The predicted octanol–water partition coefficient (Wildman–Crippen LogP) is 1.85. The third-order valence-corrected chi connectivity index (χ3v) is 4.23. The van der Waals surface area contributed by atoms with Crippen LogP contribution in [0.15, 0.2) is 24.3 Å². The number of amides is 1. The normalized spacial score (nSPS) is 18.0. The second-order valence-corrected chi connectivity index (χ2v) is 5.68. The first-order chi connectivity index (χ1) is 12.0. The highest BCUT2D eigenvalue weighted by atomic mass is 16.5. The Morgan fingerprint density at radius 1 is 1.24 bits per heavy atom. The molecule has 0 radical (unpaired) electrons. The van der Waals surface area contributed by atoms with E-state index in [1.807, 2.05) is 0 Å². The van der Waals surface area contributed by atoms with Crippen LogP contribution in [0, 0.1) is 0 Å². The molecule has 1 fully saturated rings. The van der Waals surface area contributed by atoms with Crippen LogP contribution in [0.3, 0.4) is 0 Å². The molecule has 2 atom stereocenters. The average molecular weight is 349 g/mol. The minimum Gasteiger partial charge on any atom is -0.497 e. The topological polar surface area (TPSA) is 82.1 Å². The molecule has 7 heteroatoms. The van der Waals surface area contributed by atoms with E-state index in [-0.39, 0.29) is 25.4 Å². The van der Waals surface area contributed by atoms with Crippen LogP contribution in [-0.2, 0) is 23.9 Å². The molecule has 0 aliphatic carbocycles. The number of nitrogens with zero attached hydrogens (tertiary/aromatic N) is 1. The number of ether oxygens (including phenoxy) is 3. The van der Waals surface area contributed by atoms with Crippen LogP contribution in [0.4, 0.5) is 0 Å². The highest BCUT2D eigenvalue weighted by molar-refractivity contribution is 5.89. The number of methoxy groups -OCH3 is 2. The van der Waals surface area contributed by atoms with Crippen molar-refractivity contribution in [2.24, 2.45) is 0 Å². The predicted molar refractivity (Wildman–Crippen MR) is 88.9 cm³/mol. The lowest BCUT2D eigenvalue weighted by Gasteiger charge is -2.32. The number of hydrogen-bond acceptors (Lipinski definition) is 6. The molecule has 2 unspecified atom stereocenters. The van der Waals surface area contributed by atoms with Gasteiger partial charge in [0, 0.05) is 6.42 Å². The summed E-state index contributed by atoms with van der Waals surface area (Å²) in [7, 11) is 2.85.